The van der Waals surface area contributed by atoms with Crippen LogP contribution in [0.5, 0.6) is 0 Å². The van der Waals surface area contributed by atoms with Crippen molar-refractivity contribution in [2.45, 2.75) is 33.1 Å². The highest BCUT2D eigenvalue weighted by Gasteiger charge is 2.03. The lowest BCUT2D eigenvalue weighted by molar-refractivity contribution is 0.130. The van der Waals surface area contributed by atoms with Crippen molar-refractivity contribution in [3.05, 3.63) is 0 Å². The number of hydrogen-bond acceptors (Lipinski definition) is 3. The third kappa shape index (κ3) is 8.47. The average Bonchev–Trinajstić information content (AvgIpc) is 2.16. The largest absolute Gasteiger partial charge is 0.381 e. The smallest absolute Gasteiger partial charge is 0.211 e. The number of hydrogen-bond donors (Lipinski definition) is 1. The third-order valence-electron chi connectivity index (χ3n) is 1.81. The Morgan fingerprint density at radius 2 is 1.79 bits per heavy atom. The number of nitrogens with one attached hydrogen (secondary N) is 1. The minimum atomic E-state index is -3.02. The van der Waals surface area contributed by atoms with E-state index in [1.54, 1.807) is 6.92 Å². The van der Waals surface area contributed by atoms with Gasteiger partial charge in [0.2, 0.25) is 10.0 Å². The van der Waals surface area contributed by atoms with Gasteiger partial charge in [0.05, 0.1) is 5.75 Å². The lowest BCUT2D eigenvalue weighted by atomic mass is 10.4. The Hall–Kier alpha value is -0.130. The molecule has 0 atom stereocenters. The van der Waals surface area contributed by atoms with Crippen molar-refractivity contribution in [1.82, 2.24) is 4.72 Å². The Kier molecular flexibility index (Phi) is 8.12. The van der Waals surface area contributed by atoms with Gasteiger partial charge in [0.1, 0.15) is 0 Å². The lowest BCUT2D eigenvalue weighted by Crippen LogP contribution is -2.26. The highest BCUT2D eigenvalue weighted by atomic mass is 32.2. The van der Waals surface area contributed by atoms with Gasteiger partial charge in [-0.2, -0.15) is 0 Å². The molecule has 0 heterocycles. The minimum absolute atomic E-state index is 0.143. The Labute approximate surface area is 87.1 Å². The van der Waals surface area contributed by atoms with Gasteiger partial charge in [-0.3, -0.25) is 0 Å². The predicted molar refractivity (Wildman–Crippen MR) is 57.8 cm³/mol. The molecule has 1 N–H and O–H groups in total. The maximum Gasteiger partial charge on any atom is 0.211 e. The number of sulfonamides is 1. The third-order valence-corrected chi connectivity index (χ3v) is 3.21. The molecule has 86 valence electrons. The van der Waals surface area contributed by atoms with Crippen LogP contribution in [0.3, 0.4) is 0 Å². The van der Waals surface area contributed by atoms with Crippen molar-refractivity contribution < 1.29 is 13.2 Å². The number of unbranched alkanes of at least 4 members (excludes halogenated alkanes) is 1. The maximum absolute atomic E-state index is 11.0. The average molecular weight is 223 g/mol. The Bertz CT molecular complexity index is 214. The zero-order valence-electron chi connectivity index (χ0n) is 9.08. The first-order valence-electron chi connectivity index (χ1n) is 5.17. The van der Waals surface area contributed by atoms with Crippen LogP contribution in [0.2, 0.25) is 0 Å². The van der Waals surface area contributed by atoms with Crippen LogP contribution in [0.1, 0.15) is 33.1 Å². The first-order chi connectivity index (χ1) is 6.62. The van der Waals surface area contributed by atoms with E-state index in [4.69, 9.17) is 4.74 Å². The Morgan fingerprint density at radius 1 is 1.14 bits per heavy atom. The minimum Gasteiger partial charge on any atom is -0.381 e. The van der Waals surface area contributed by atoms with E-state index in [1.165, 1.54) is 0 Å². The van der Waals surface area contributed by atoms with E-state index in [2.05, 4.69) is 11.6 Å². The predicted octanol–water partition coefficient (Wildman–Crippen LogP) is 1.13. The molecule has 5 heteroatoms. The highest BCUT2D eigenvalue weighted by Crippen LogP contribution is 1.90. The van der Waals surface area contributed by atoms with Crippen LogP contribution in [-0.2, 0) is 14.8 Å². The second-order valence-corrected chi connectivity index (χ2v) is 5.21. The summed E-state index contributed by atoms with van der Waals surface area (Å²) in [5.41, 5.74) is 0. The molecular formula is C9H21NO3S. The van der Waals surface area contributed by atoms with Gasteiger partial charge in [-0.15, -0.1) is 0 Å². The van der Waals surface area contributed by atoms with Crippen LogP contribution in [0.25, 0.3) is 0 Å². The van der Waals surface area contributed by atoms with E-state index in [0.717, 1.165) is 25.9 Å². The molecule has 0 aliphatic carbocycles. The fourth-order valence-corrected chi connectivity index (χ4v) is 1.51. The van der Waals surface area contributed by atoms with Crippen molar-refractivity contribution in [2.75, 3.05) is 25.5 Å². The van der Waals surface area contributed by atoms with Crippen molar-refractivity contribution in [1.29, 1.82) is 0 Å². The second-order valence-electron chi connectivity index (χ2n) is 3.12. The zero-order valence-corrected chi connectivity index (χ0v) is 9.90. The molecule has 0 aliphatic heterocycles. The Morgan fingerprint density at radius 3 is 2.36 bits per heavy atom. The van der Waals surface area contributed by atoms with E-state index in [0.29, 0.717) is 13.2 Å². The molecule has 0 saturated heterocycles. The summed E-state index contributed by atoms with van der Waals surface area (Å²) in [7, 11) is -3.02. The van der Waals surface area contributed by atoms with Crippen LogP contribution in [0.4, 0.5) is 0 Å². The molecule has 0 aromatic heterocycles. The summed E-state index contributed by atoms with van der Waals surface area (Å²) in [6, 6.07) is 0. The van der Waals surface area contributed by atoms with Gasteiger partial charge >= 0.3 is 0 Å². The normalized spacial score (nSPS) is 11.9. The van der Waals surface area contributed by atoms with Gasteiger partial charge in [0.15, 0.2) is 0 Å². The molecule has 4 nitrogen and oxygen atoms in total. The fourth-order valence-electron chi connectivity index (χ4n) is 0.852. The summed E-state index contributed by atoms with van der Waals surface area (Å²) >= 11 is 0. The van der Waals surface area contributed by atoms with Gasteiger partial charge in [0.25, 0.3) is 0 Å². The molecule has 14 heavy (non-hydrogen) atoms. The first kappa shape index (κ1) is 13.9. The first-order valence-corrected chi connectivity index (χ1v) is 6.82. The molecule has 0 unspecified atom stereocenters. The van der Waals surface area contributed by atoms with Gasteiger partial charge in [-0.1, -0.05) is 13.3 Å². The molecule has 0 radical (unpaired) electrons. The maximum atomic E-state index is 11.0. The summed E-state index contributed by atoms with van der Waals surface area (Å²) in [5, 5.41) is 0. The molecule has 0 amide bonds. The summed E-state index contributed by atoms with van der Waals surface area (Å²) in [5.74, 6) is 0.143. The van der Waals surface area contributed by atoms with E-state index in [-0.39, 0.29) is 5.75 Å². The summed E-state index contributed by atoms with van der Waals surface area (Å²) < 4.78 is 29.7. The summed E-state index contributed by atoms with van der Waals surface area (Å²) in [6.07, 6.45) is 2.94. The second kappa shape index (κ2) is 8.20. The standard InChI is InChI=1S/C9H21NO3S/c1-3-5-8-13-9-6-7-10-14(11,12)4-2/h10H,3-9H2,1-2H3. The van der Waals surface area contributed by atoms with E-state index in [9.17, 15) is 8.42 Å². The van der Waals surface area contributed by atoms with Crippen LogP contribution in [-0.4, -0.2) is 33.9 Å². The molecule has 0 aromatic rings. The molecule has 0 aromatic carbocycles. The quantitative estimate of drug-likeness (QED) is 0.596. The van der Waals surface area contributed by atoms with Crippen LogP contribution in [0, 0.1) is 0 Å². The fraction of sp³-hybridized carbons (Fsp3) is 1.00. The van der Waals surface area contributed by atoms with E-state index < -0.39 is 10.0 Å². The SMILES string of the molecule is CCCCOCCCNS(=O)(=O)CC. The summed E-state index contributed by atoms with van der Waals surface area (Å²) in [4.78, 5) is 0. The number of ether oxygens (including phenoxy) is 1. The van der Waals surface area contributed by atoms with Gasteiger partial charge in [0, 0.05) is 19.8 Å². The summed E-state index contributed by atoms with van der Waals surface area (Å²) in [6.45, 7) is 5.62. The van der Waals surface area contributed by atoms with Crippen molar-refractivity contribution in [3.8, 4) is 0 Å². The Balaban J connectivity index is 3.22. The van der Waals surface area contributed by atoms with Crippen molar-refractivity contribution in [3.63, 3.8) is 0 Å². The zero-order chi connectivity index (χ0) is 10.9. The molecule has 0 rings (SSSR count). The van der Waals surface area contributed by atoms with Crippen molar-refractivity contribution in [2.24, 2.45) is 0 Å². The lowest BCUT2D eigenvalue weighted by Gasteiger charge is -2.04. The molecule has 0 fully saturated rings. The van der Waals surface area contributed by atoms with Crippen LogP contribution < -0.4 is 4.72 Å². The molecule has 0 saturated carbocycles. The molecule has 0 aliphatic rings. The van der Waals surface area contributed by atoms with Crippen LogP contribution in [0.15, 0.2) is 0 Å². The van der Waals surface area contributed by atoms with Gasteiger partial charge < -0.3 is 4.74 Å². The monoisotopic (exact) mass is 223 g/mol. The van der Waals surface area contributed by atoms with Gasteiger partial charge in [-0.05, 0) is 19.8 Å². The topological polar surface area (TPSA) is 55.4 Å². The molecule has 0 bridgehead atoms. The molecule has 0 spiro atoms. The number of rotatable bonds is 9. The van der Waals surface area contributed by atoms with Crippen LogP contribution >= 0.6 is 0 Å². The van der Waals surface area contributed by atoms with Crippen molar-refractivity contribution >= 4 is 10.0 Å². The molecular weight excluding hydrogens is 202 g/mol. The van der Waals surface area contributed by atoms with Gasteiger partial charge in [-0.25, -0.2) is 13.1 Å². The van der Waals surface area contributed by atoms with E-state index in [1.807, 2.05) is 0 Å². The van der Waals surface area contributed by atoms with E-state index >= 15 is 0 Å². The highest BCUT2D eigenvalue weighted by molar-refractivity contribution is 7.89.